The Kier molecular flexibility index (Phi) is 10.4. The van der Waals surface area contributed by atoms with Crippen LogP contribution in [0.15, 0.2) is 42.5 Å². The summed E-state index contributed by atoms with van der Waals surface area (Å²) in [6.45, 7) is 7.91. The summed E-state index contributed by atoms with van der Waals surface area (Å²) < 4.78 is 0. The molecule has 5 nitrogen and oxygen atoms in total. The first-order chi connectivity index (χ1) is 16.1. The molecule has 1 aliphatic heterocycles. The van der Waals surface area contributed by atoms with Crippen LogP contribution in [0.1, 0.15) is 63.0 Å². The number of phenols is 3. The topological polar surface area (TPSA) is 67.2 Å². The number of rotatable bonds is 14. The minimum Gasteiger partial charge on any atom is -0.508 e. The van der Waals surface area contributed by atoms with Crippen molar-refractivity contribution in [3.8, 4) is 17.2 Å². The zero-order valence-corrected chi connectivity index (χ0v) is 20.3. The highest BCUT2D eigenvalue weighted by Gasteiger charge is 2.25. The van der Waals surface area contributed by atoms with Gasteiger partial charge in [0, 0.05) is 12.6 Å². The number of phenolic OH excluding ortho intramolecular Hbond substituents is 3. The zero-order valence-electron chi connectivity index (χ0n) is 20.3. The summed E-state index contributed by atoms with van der Waals surface area (Å²) in [4.78, 5) is 5.15. The molecule has 33 heavy (non-hydrogen) atoms. The summed E-state index contributed by atoms with van der Waals surface area (Å²) in [5.41, 5.74) is 2.14. The van der Waals surface area contributed by atoms with E-state index in [1.807, 2.05) is 24.3 Å². The predicted octanol–water partition coefficient (Wildman–Crippen LogP) is 5.33. The molecule has 1 fully saturated rings. The van der Waals surface area contributed by atoms with E-state index in [-0.39, 0.29) is 11.5 Å². The van der Waals surface area contributed by atoms with E-state index in [0.717, 1.165) is 51.1 Å². The Bertz CT molecular complexity index is 824. The van der Waals surface area contributed by atoms with Crippen molar-refractivity contribution in [3.63, 3.8) is 0 Å². The molecule has 0 saturated carbocycles. The molecular weight excluding hydrogens is 412 g/mol. The van der Waals surface area contributed by atoms with Crippen LogP contribution in [0.5, 0.6) is 17.2 Å². The van der Waals surface area contributed by atoms with Crippen LogP contribution in [0, 0.1) is 0 Å². The van der Waals surface area contributed by atoms with Gasteiger partial charge in [-0.2, -0.15) is 0 Å². The normalized spacial score (nSPS) is 16.6. The Hall–Kier alpha value is -2.24. The van der Waals surface area contributed by atoms with Crippen molar-refractivity contribution in [2.45, 2.75) is 70.8 Å². The van der Waals surface area contributed by atoms with E-state index >= 15 is 0 Å². The number of likely N-dealkylation sites (tertiary alicyclic amines) is 1. The van der Waals surface area contributed by atoms with Crippen LogP contribution in [-0.4, -0.2) is 63.9 Å². The fourth-order valence-corrected chi connectivity index (χ4v) is 5.02. The van der Waals surface area contributed by atoms with Crippen LogP contribution >= 0.6 is 0 Å². The van der Waals surface area contributed by atoms with Crippen molar-refractivity contribution < 1.29 is 15.3 Å². The van der Waals surface area contributed by atoms with Crippen molar-refractivity contribution in [1.29, 1.82) is 0 Å². The molecule has 1 saturated heterocycles. The molecule has 182 valence electrons. The van der Waals surface area contributed by atoms with Crippen molar-refractivity contribution in [3.05, 3.63) is 53.6 Å². The van der Waals surface area contributed by atoms with Crippen LogP contribution < -0.4 is 0 Å². The van der Waals surface area contributed by atoms with Gasteiger partial charge >= 0.3 is 0 Å². The van der Waals surface area contributed by atoms with Crippen molar-refractivity contribution in [2.24, 2.45) is 0 Å². The number of aromatic hydroxyl groups is 3. The minimum absolute atomic E-state index is 0.0165. The maximum absolute atomic E-state index is 10.1. The second kappa shape index (κ2) is 13.5. The third-order valence-electron chi connectivity index (χ3n) is 6.92. The van der Waals surface area contributed by atoms with Crippen LogP contribution in [0.25, 0.3) is 0 Å². The lowest BCUT2D eigenvalue weighted by Crippen LogP contribution is -2.32. The highest BCUT2D eigenvalue weighted by molar-refractivity contribution is 5.44. The summed E-state index contributed by atoms with van der Waals surface area (Å²) in [6, 6.07) is 13.3. The fraction of sp³-hybridized carbons (Fsp3) is 0.571. The summed E-state index contributed by atoms with van der Waals surface area (Å²) in [6.07, 6.45) is 10.4. The molecule has 2 aromatic rings. The summed E-state index contributed by atoms with van der Waals surface area (Å²) >= 11 is 0. The lowest BCUT2D eigenvalue weighted by molar-refractivity contribution is 0.241. The molecule has 0 amide bonds. The molecule has 5 heteroatoms. The molecule has 3 rings (SSSR count). The first-order valence-corrected chi connectivity index (χ1v) is 12.8. The van der Waals surface area contributed by atoms with E-state index < -0.39 is 0 Å². The Balaban J connectivity index is 1.32. The van der Waals surface area contributed by atoms with Gasteiger partial charge in [-0.25, -0.2) is 0 Å². The Morgan fingerprint density at radius 2 is 1.70 bits per heavy atom. The Morgan fingerprint density at radius 1 is 0.909 bits per heavy atom. The Labute approximate surface area is 199 Å². The standard InChI is InChI=1S/C28H42N2O3/c1-2-17-29(21-16-23-12-14-26(31)15-13-23)18-5-3-4-6-19-30-20-8-10-25(30)22-24-9-7-11-27(32)28(24)33/h7,9,11-15,25,31-33H,2-6,8,10,16-22H2,1H3. The minimum atomic E-state index is -0.0165. The first-order valence-electron chi connectivity index (χ1n) is 12.8. The van der Waals surface area contributed by atoms with Crippen LogP contribution in [0.2, 0.25) is 0 Å². The summed E-state index contributed by atoms with van der Waals surface area (Å²) in [5, 5.41) is 29.3. The predicted molar refractivity (Wildman–Crippen MR) is 135 cm³/mol. The first kappa shape index (κ1) is 25.4. The van der Waals surface area contributed by atoms with Crippen LogP contribution in [0.3, 0.4) is 0 Å². The van der Waals surface area contributed by atoms with Crippen LogP contribution in [-0.2, 0) is 12.8 Å². The van der Waals surface area contributed by atoms with Gasteiger partial charge in [0.15, 0.2) is 11.5 Å². The van der Waals surface area contributed by atoms with E-state index in [9.17, 15) is 15.3 Å². The van der Waals surface area contributed by atoms with E-state index in [1.54, 1.807) is 18.2 Å². The third kappa shape index (κ3) is 8.24. The van der Waals surface area contributed by atoms with E-state index in [1.165, 1.54) is 50.5 Å². The SMILES string of the molecule is CCCN(CCCCCCN1CCCC1Cc1cccc(O)c1O)CCc1ccc(O)cc1. The van der Waals surface area contributed by atoms with Gasteiger partial charge in [-0.3, -0.25) is 0 Å². The molecule has 0 radical (unpaired) electrons. The van der Waals surface area contributed by atoms with Gasteiger partial charge in [0.05, 0.1) is 0 Å². The fourth-order valence-electron chi connectivity index (χ4n) is 5.02. The maximum Gasteiger partial charge on any atom is 0.160 e. The average Bonchev–Trinajstić information content (AvgIpc) is 3.25. The monoisotopic (exact) mass is 454 g/mol. The van der Waals surface area contributed by atoms with Crippen molar-refractivity contribution in [2.75, 3.05) is 32.7 Å². The van der Waals surface area contributed by atoms with Gasteiger partial charge in [0.1, 0.15) is 5.75 Å². The molecule has 1 heterocycles. The number of para-hydroxylation sites is 1. The van der Waals surface area contributed by atoms with Crippen molar-refractivity contribution in [1.82, 2.24) is 9.80 Å². The smallest absolute Gasteiger partial charge is 0.160 e. The number of hydrogen-bond donors (Lipinski definition) is 3. The summed E-state index contributed by atoms with van der Waals surface area (Å²) in [5.74, 6) is 0.366. The van der Waals surface area contributed by atoms with E-state index in [2.05, 4.69) is 16.7 Å². The quantitative estimate of drug-likeness (QED) is 0.266. The van der Waals surface area contributed by atoms with Gasteiger partial charge in [-0.1, -0.05) is 44.0 Å². The second-order valence-corrected chi connectivity index (χ2v) is 9.49. The third-order valence-corrected chi connectivity index (χ3v) is 6.92. The van der Waals surface area contributed by atoms with Gasteiger partial charge in [-0.05, 0) is 100 Å². The van der Waals surface area contributed by atoms with Gasteiger partial charge in [-0.15, -0.1) is 0 Å². The molecule has 1 unspecified atom stereocenters. The van der Waals surface area contributed by atoms with Crippen LogP contribution in [0.4, 0.5) is 0 Å². The lowest BCUT2D eigenvalue weighted by atomic mass is 10.0. The highest BCUT2D eigenvalue weighted by Crippen LogP contribution is 2.31. The molecule has 0 aromatic heterocycles. The second-order valence-electron chi connectivity index (χ2n) is 9.49. The average molecular weight is 455 g/mol. The largest absolute Gasteiger partial charge is 0.508 e. The maximum atomic E-state index is 10.1. The zero-order chi connectivity index (χ0) is 23.5. The molecular formula is C28H42N2O3. The number of hydrogen-bond acceptors (Lipinski definition) is 5. The molecule has 2 aromatic carbocycles. The molecule has 1 atom stereocenters. The van der Waals surface area contributed by atoms with Crippen molar-refractivity contribution >= 4 is 0 Å². The molecule has 0 aliphatic carbocycles. The molecule has 1 aliphatic rings. The number of benzene rings is 2. The summed E-state index contributed by atoms with van der Waals surface area (Å²) in [7, 11) is 0. The lowest BCUT2D eigenvalue weighted by Gasteiger charge is -2.25. The Morgan fingerprint density at radius 3 is 2.48 bits per heavy atom. The van der Waals surface area contributed by atoms with Gasteiger partial charge < -0.3 is 25.1 Å². The number of nitrogens with zero attached hydrogens (tertiary/aromatic N) is 2. The van der Waals surface area contributed by atoms with Gasteiger partial charge in [0.2, 0.25) is 0 Å². The number of unbranched alkanes of at least 4 members (excludes halogenated alkanes) is 3. The van der Waals surface area contributed by atoms with E-state index in [4.69, 9.17) is 0 Å². The van der Waals surface area contributed by atoms with E-state index in [0.29, 0.717) is 11.8 Å². The molecule has 0 spiro atoms. The molecule has 0 bridgehead atoms. The highest BCUT2D eigenvalue weighted by atomic mass is 16.3. The van der Waals surface area contributed by atoms with Gasteiger partial charge in [0.25, 0.3) is 0 Å². The molecule has 3 N–H and O–H groups in total.